The lowest BCUT2D eigenvalue weighted by atomic mass is 10.1. The van der Waals surface area contributed by atoms with Crippen LogP contribution in [0.3, 0.4) is 0 Å². The molecule has 6 heteroatoms. The van der Waals surface area contributed by atoms with Crippen LogP contribution in [0.1, 0.15) is 15.9 Å². The van der Waals surface area contributed by atoms with Crippen LogP contribution in [0.5, 0.6) is 11.5 Å². The third-order valence-corrected chi connectivity index (χ3v) is 3.54. The number of aryl methyl sites for hydroxylation is 1. The second kappa shape index (κ2) is 6.13. The molecular weight excluding hydrogens is 341 g/mol. The summed E-state index contributed by atoms with van der Waals surface area (Å²) in [4.78, 5) is 11.7. The van der Waals surface area contributed by atoms with Crippen molar-refractivity contribution in [3.8, 4) is 11.5 Å². The van der Waals surface area contributed by atoms with E-state index < -0.39 is 11.8 Å². The van der Waals surface area contributed by atoms with Crippen molar-refractivity contribution >= 4 is 27.6 Å². The molecule has 0 saturated carbocycles. The van der Waals surface area contributed by atoms with Crippen LogP contribution in [-0.2, 0) is 4.74 Å². The van der Waals surface area contributed by atoms with Crippen LogP contribution in [0.15, 0.2) is 34.8 Å². The first-order chi connectivity index (χ1) is 9.92. The number of esters is 1. The summed E-state index contributed by atoms with van der Waals surface area (Å²) < 4.78 is 24.0. The third-order valence-electron chi connectivity index (χ3n) is 2.89. The molecule has 2 aromatic carbocycles. The van der Waals surface area contributed by atoms with E-state index in [1.54, 1.807) is 19.1 Å². The summed E-state index contributed by atoms with van der Waals surface area (Å²) in [6.45, 7) is 1.75. The predicted molar refractivity (Wildman–Crippen MR) is 81.1 cm³/mol. The molecule has 0 aliphatic carbocycles. The molecule has 21 heavy (non-hydrogen) atoms. The number of nitrogen functional groups attached to an aromatic ring is 1. The fourth-order valence-corrected chi connectivity index (χ4v) is 2.03. The van der Waals surface area contributed by atoms with E-state index in [1.165, 1.54) is 25.3 Å². The fourth-order valence-electron chi connectivity index (χ4n) is 1.78. The molecule has 2 N–H and O–H groups in total. The van der Waals surface area contributed by atoms with Crippen LogP contribution < -0.4 is 10.5 Å². The van der Waals surface area contributed by atoms with Gasteiger partial charge in [0.1, 0.15) is 17.3 Å². The number of halogens is 2. The van der Waals surface area contributed by atoms with Gasteiger partial charge in [0.15, 0.2) is 0 Å². The van der Waals surface area contributed by atoms with Crippen molar-refractivity contribution < 1.29 is 18.7 Å². The van der Waals surface area contributed by atoms with E-state index in [0.717, 1.165) is 0 Å². The molecule has 0 aliphatic heterocycles. The van der Waals surface area contributed by atoms with Gasteiger partial charge in [-0.1, -0.05) is 0 Å². The van der Waals surface area contributed by atoms with Gasteiger partial charge in [0, 0.05) is 11.8 Å². The number of carbonyl (C=O) groups excluding carboxylic acids is 1. The average molecular weight is 354 g/mol. The zero-order valence-electron chi connectivity index (χ0n) is 11.4. The monoisotopic (exact) mass is 353 g/mol. The van der Waals surface area contributed by atoms with Crippen molar-refractivity contribution in [2.45, 2.75) is 6.92 Å². The maximum Gasteiger partial charge on any atom is 0.340 e. The predicted octanol–water partition coefficient (Wildman–Crippen LogP) is 4.06. The van der Waals surface area contributed by atoms with Crippen LogP contribution in [0.2, 0.25) is 0 Å². The molecule has 0 fully saturated rings. The summed E-state index contributed by atoms with van der Waals surface area (Å²) in [6, 6.07) is 7.52. The van der Waals surface area contributed by atoms with Crippen molar-refractivity contribution in [1.29, 1.82) is 0 Å². The lowest BCUT2D eigenvalue weighted by Gasteiger charge is -2.12. The summed E-state index contributed by atoms with van der Waals surface area (Å²) in [6.07, 6.45) is 0. The molecule has 0 radical (unpaired) electrons. The summed E-state index contributed by atoms with van der Waals surface area (Å²) >= 11 is 3.07. The van der Waals surface area contributed by atoms with Gasteiger partial charge in [-0.25, -0.2) is 9.18 Å². The fraction of sp³-hybridized carbons (Fsp3) is 0.133. The number of carbonyl (C=O) groups is 1. The topological polar surface area (TPSA) is 61.5 Å². The van der Waals surface area contributed by atoms with Gasteiger partial charge in [0.2, 0.25) is 0 Å². The molecule has 0 heterocycles. The molecule has 0 saturated heterocycles. The highest BCUT2D eigenvalue weighted by atomic mass is 79.9. The van der Waals surface area contributed by atoms with E-state index in [1.807, 2.05) is 0 Å². The molecule has 0 aromatic heterocycles. The highest BCUT2D eigenvalue weighted by molar-refractivity contribution is 9.10. The zero-order chi connectivity index (χ0) is 15.6. The Morgan fingerprint density at radius 3 is 2.57 bits per heavy atom. The molecule has 0 atom stereocenters. The number of nitrogens with two attached hydrogens (primary N) is 1. The van der Waals surface area contributed by atoms with E-state index in [4.69, 9.17) is 10.5 Å². The second-order valence-electron chi connectivity index (χ2n) is 4.37. The maximum absolute atomic E-state index is 13.5. The van der Waals surface area contributed by atoms with E-state index in [-0.39, 0.29) is 5.56 Å². The van der Waals surface area contributed by atoms with Crippen LogP contribution >= 0.6 is 15.9 Å². The smallest absolute Gasteiger partial charge is 0.340 e. The van der Waals surface area contributed by atoms with E-state index in [2.05, 4.69) is 20.7 Å². The molecule has 0 amide bonds. The number of benzene rings is 2. The van der Waals surface area contributed by atoms with Crippen molar-refractivity contribution in [2.24, 2.45) is 0 Å². The van der Waals surface area contributed by atoms with Gasteiger partial charge in [-0.05, 0) is 52.7 Å². The number of hydrogen-bond donors (Lipinski definition) is 1. The Labute approximate surface area is 129 Å². The Morgan fingerprint density at radius 2 is 1.95 bits per heavy atom. The minimum Gasteiger partial charge on any atom is -0.465 e. The number of ether oxygens (including phenoxy) is 2. The lowest BCUT2D eigenvalue weighted by Crippen LogP contribution is -2.07. The van der Waals surface area contributed by atoms with Crippen LogP contribution in [-0.4, -0.2) is 13.1 Å². The molecule has 0 aliphatic rings. The standard InChI is InChI=1S/C15H13BrFNO3/c1-8-5-10(6-11(14(8)18)15(19)20-2)21-9-3-4-12(16)13(17)7-9/h3-7H,18H2,1-2H3. The molecule has 2 aromatic rings. The van der Waals surface area contributed by atoms with E-state index in [9.17, 15) is 9.18 Å². The Kier molecular flexibility index (Phi) is 4.47. The minimum atomic E-state index is -0.553. The molecule has 0 bridgehead atoms. The average Bonchev–Trinajstić information content (AvgIpc) is 2.45. The van der Waals surface area contributed by atoms with E-state index in [0.29, 0.717) is 27.2 Å². The van der Waals surface area contributed by atoms with Crippen molar-refractivity contribution in [3.05, 3.63) is 51.7 Å². The highest BCUT2D eigenvalue weighted by Gasteiger charge is 2.14. The van der Waals surface area contributed by atoms with Crippen LogP contribution in [0.25, 0.3) is 0 Å². The minimum absolute atomic E-state index is 0.213. The molecule has 2 rings (SSSR count). The molecule has 4 nitrogen and oxygen atoms in total. The number of hydrogen-bond acceptors (Lipinski definition) is 4. The van der Waals surface area contributed by atoms with Gasteiger partial charge < -0.3 is 15.2 Å². The van der Waals surface area contributed by atoms with Crippen LogP contribution in [0.4, 0.5) is 10.1 Å². The first kappa shape index (κ1) is 15.3. The SMILES string of the molecule is COC(=O)c1cc(Oc2ccc(Br)c(F)c2)cc(C)c1N. The van der Waals surface area contributed by atoms with Gasteiger partial charge in [-0.3, -0.25) is 0 Å². The van der Waals surface area contributed by atoms with E-state index >= 15 is 0 Å². The van der Waals surface area contributed by atoms with Crippen molar-refractivity contribution in [3.63, 3.8) is 0 Å². The van der Waals surface area contributed by atoms with Crippen LogP contribution in [0, 0.1) is 12.7 Å². The summed E-state index contributed by atoms with van der Waals surface area (Å²) in [5.74, 6) is -0.296. The highest BCUT2D eigenvalue weighted by Crippen LogP contribution is 2.30. The third kappa shape index (κ3) is 3.33. The van der Waals surface area contributed by atoms with Crippen molar-refractivity contribution in [1.82, 2.24) is 0 Å². The Bertz CT molecular complexity index is 704. The van der Waals surface area contributed by atoms with Gasteiger partial charge in [0.05, 0.1) is 17.1 Å². The van der Waals surface area contributed by atoms with Gasteiger partial charge in [0.25, 0.3) is 0 Å². The summed E-state index contributed by atoms with van der Waals surface area (Å²) in [5, 5.41) is 0. The number of rotatable bonds is 3. The molecule has 110 valence electrons. The summed E-state index contributed by atoms with van der Waals surface area (Å²) in [5.41, 5.74) is 7.06. The lowest BCUT2D eigenvalue weighted by molar-refractivity contribution is 0.0601. The Morgan fingerprint density at radius 1 is 1.24 bits per heavy atom. The summed E-state index contributed by atoms with van der Waals surface area (Å²) in [7, 11) is 1.27. The van der Waals surface area contributed by atoms with Gasteiger partial charge >= 0.3 is 5.97 Å². The normalized spacial score (nSPS) is 10.3. The Hall–Kier alpha value is -2.08. The molecule has 0 unspecified atom stereocenters. The van der Waals surface area contributed by atoms with Crippen molar-refractivity contribution in [2.75, 3.05) is 12.8 Å². The number of anilines is 1. The second-order valence-corrected chi connectivity index (χ2v) is 5.23. The molecule has 0 spiro atoms. The molecular formula is C15H13BrFNO3. The quantitative estimate of drug-likeness (QED) is 0.667. The Balaban J connectivity index is 2.38. The maximum atomic E-state index is 13.5. The van der Waals surface area contributed by atoms with Gasteiger partial charge in [-0.2, -0.15) is 0 Å². The number of methoxy groups -OCH3 is 1. The first-order valence-corrected chi connectivity index (χ1v) is 6.83. The zero-order valence-corrected chi connectivity index (χ0v) is 13.0. The largest absolute Gasteiger partial charge is 0.465 e. The van der Waals surface area contributed by atoms with Gasteiger partial charge in [-0.15, -0.1) is 0 Å². The first-order valence-electron chi connectivity index (χ1n) is 6.03.